The number of ether oxygens (including phenoxy) is 2. The molecule has 1 amide bonds. The monoisotopic (exact) mass is 451 g/mol. The Hall–Kier alpha value is -3.32. The van der Waals surface area contributed by atoms with Crippen LogP contribution in [0.3, 0.4) is 0 Å². The van der Waals surface area contributed by atoms with E-state index in [1.807, 2.05) is 53.3 Å². The van der Waals surface area contributed by atoms with Crippen LogP contribution < -0.4 is 14.2 Å². The number of hydrogen-bond acceptors (Lipinski definition) is 5. The van der Waals surface area contributed by atoms with Gasteiger partial charge in [0.2, 0.25) is 10.0 Å². The van der Waals surface area contributed by atoms with Crippen LogP contribution in [0, 0.1) is 5.92 Å². The molecule has 0 spiro atoms. The zero-order valence-corrected chi connectivity index (χ0v) is 18.6. The standard InChI is InChI=1S/C25H25NO5S/c1-32(28,29)26-25(27)21-9-7-19(8-10-21)17-31-24-4-2-3-22(15-24)20-11-13-23(14-12-20)30-16-18-5-6-18/h2-4,7-15,18H,5-6,16-17H2,1H3,(H,26,27). The molecule has 0 aromatic heterocycles. The molecule has 1 aliphatic carbocycles. The molecule has 0 heterocycles. The summed E-state index contributed by atoms with van der Waals surface area (Å²) in [5, 5.41) is 0. The predicted molar refractivity (Wildman–Crippen MR) is 123 cm³/mol. The van der Waals surface area contributed by atoms with Crippen molar-refractivity contribution < 1.29 is 22.7 Å². The summed E-state index contributed by atoms with van der Waals surface area (Å²) in [5.41, 5.74) is 3.26. The Morgan fingerprint density at radius 1 is 0.906 bits per heavy atom. The van der Waals surface area contributed by atoms with Crippen molar-refractivity contribution in [1.29, 1.82) is 0 Å². The van der Waals surface area contributed by atoms with Crippen molar-refractivity contribution >= 4 is 15.9 Å². The highest BCUT2D eigenvalue weighted by Gasteiger charge is 2.21. The van der Waals surface area contributed by atoms with Crippen molar-refractivity contribution in [3.05, 3.63) is 83.9 Å². The van der Waals surface area contributed by atoms with Gasteiger partial charge in [0.15, 0.2) is 0 Å². The molecule has 1 aliphatic rings. The third-order valence-corrected chi connectivity index (χ3v) is 5.66. The molecular formula is C25H25NO5S. The van der Waals surface area contributed by atoms with E-state index >= 15 is 0 Å². The van der Waals surface area contributed by atoms with Gasteiger partial charge in [-0.05, 0) is 71.8 Å². The summed E-state index contributed by atoms with van der Waals surface area (Å²) < 4.78 is 36.0. The lowest BCUT2D eigenvalue weighted by atomic mass is 10.1. The summed E-state index contributed by atoms with van der Waals surface area (Å²) in [6, 6.07) is 22.5. The van der Waals surface area contributed by atoms with Crippen molar-refractivity contribution in [3.63, 3.8) is 0 Å². The third kappa shape index (κ3) is 6.34. The number of hydrogen-bond donors (Lipinski definition) is 1. The maximum absolute atomic E-state index is 11.9. The first-order chi connectivity index (χ1) is 15.4. The fraction of sp³-hybridized carbons (Fsp3) is 0.240. The minimum absolute atomic E-state index is 0.269. The van der Waals surface area contributed by atoms with Gasteiger partial charge in [0.1, 0.15) is 18.1 Å². The Kier molecular flexibility index (Phi) is 6.46. The number of benzene rings is 3. The molecule has 7 heteroatoms. The van der Waals surface area contributed by atoms with Gasteiger partial charge >= 0.3 is 0 Å². The van der Waals surface area contributed by atoms with E-state index in [2.05, 4.69) is 0 Å². The van der Waals surface area contributed by atoms with E-state index in [4.69, 9.17) is 9.47 Å². The number of carbonyl (C=O) groups excluding carboxylic acids is 1. The van der Waals surface area contributed by atoms with Gasteiger partial charge in [-0.1, -0.05) is 36.4 Å². The molecule has 0 unspecified atom stereocenters. The predicted octanol–water partition coefficient (Wildman–Crippen LogP) is 4.41. The summed E-state index contributed by atoms with van der Waals surface area (Å²) in [4.78, 5) is 11.9. The summed E-state index contributed by atoms with van der Waals surface area (Å²) in [7, 11) is -3.59. The maximum atomic E-state index is 11.9. The van der Waals surface area contributed by atoms with E-state index in [0.29, 0.717) is 6.61 Å². The molecule has 0 radical (unpaired) electrons. The molecule has 0 atom stereocenters. The van der Waals surface area contributed by atoms with Crippen LogP contribution in [0.15, 0.2) is 72.8 Å². The zero-order chi connectivity index (χ0) is 22.6. The number of nitrogens with one attached hydrogen (secondary N) is 1. The lowest BCUT2D eigenvalue weighted by Crippen LogP contribution is -2.29. The smallest absolute Gasteiger partial charge is 0.264 e. The summed E-state index contributed by atoms with van der Waals surface area (Å²) in [5.74, 6) is 1.69. The van der Waals surface area contributed by atoms with Crippen molar-refractivity contribution in [3.8, 4) is 22.6 Å². The average Bonchev–Trinajstić information content (AvgIpc) is 3.61. The average molecular weight is 452 g/mol. The number of carbonyl (C=O) groups is 1. The van der Waals surface area contributed by atoms with Crippen LogP contribution in [0.4, 0.5) is 0 Å². The van der Waals surface area contributed by atoms with Crippen LogP contribution in [0.1, 0.15) is 28.8 Å². The molecular weight excluding hydrogens is 426 g/mol. The molecule has 1 saturated carbocycles. The Morgan fingerprint density at radius 3 is 2.28 bits per heavy atom. The fourth-order valence-corrected chi connectivity index (χ4v) is 3.61. The Labute approximate surface area is 188 Å². The minimum atomic E-state index is -3.59. The lowest BCUT2D eigenvalue weighted by molar-refractivity contribution is 0.0981. The molecule has 0 saturated heterocycles. The molecule has 0 aliphatic heterocycles. The highest BCUT2D eigenvalue weighted by molar-refractivity contribution is 7.89. The van der Waals surface area contributed by atoms with Crippen LogP contribution in [0.2, 0.25) is 0 Å². The second-order valence-electron chi connectivity index (χ2n) is 8.00. The van der Waals surface area contributed by atoms with E-state index in [0.717, 1.165) is 47.0 Å². The number of rotatable bonds is 9. The van der Waals surface area contributed by atoms with Crippen molar-refractivity contribution in [2.45, 2.75) is 19.4 Å². The first-order valence-corrected chi connectivity index (χ1v) is 12.3. The lowest BCUT2D eigenvalue weighted by Gasteiger charge is -2.10. The van der Waals surface area contributed by atoms with Gasteiger partial charge in [0.05, 0.1) is 12.9 Å². The van der Waals surface area contributed by atoms with Gasteiger partial charge in [-0.3, -0.25) is 4.79 Å². The largest absolute Gasteiger partial charge is 0.493 e. The normalized spacial score (nSPS) is 13.4. The molecule has 1 N–H and O–H groups in total. The van der Waals surface area contributed by atoms with Gasteiger partial charge in [-0.15, -0.1) is 0 Å². The first kappa shape index (κ1) is 21.9. The quantitative estimate of drug-likeness (QED) is 0.521. The Balaban J connectivity index is 1.35. The second-order valence-corrected chi connectivity index (χ2v) is 9.74. The van der Waals surface area contributed by atoms with Gasteiger partial charge in [0, 0.05) is 5.56 Å². The number of amides is 1. The molecule has 4 rings (SSSR count). The van der Waals surface area contributed by atoms with E-state index in [1.54, 1.807) is 24.3 Å². The molecule has 3 aromatic carbocycles. The maximum Gasteiger partial charge on any atom is 0.264 e. The van der Waals surface area contributed by atoms with Gasteiger partial charge in [0.25, 0.3) is 5.91 Å². The highest BCUT2D eigenvalue weighted by atomic mass is 32.2. The Bertz CT molecular complexity index is 1180. The second kappa shape index (κ2) is 9.44. The molecule has 1 fully saturated rings. The molecule has 0 bridgehead atoms. The molecule has 32 heavy (non-hydrogen) atoms. The third-order valence-electron chi connectivity index (χ3n) is 5.10. The minimum Gasteiger partial charge on any atom is -0.493 e. The first-order valence-electron chi connectivity index (χ1n) is 10.4. The van der Waals surface area contributed by atoms with Crippen LogP contribution >= 0.6 is 0 Å². The molecule has 166 valence electrons. The van der Waals surface area contributed by atoms with Crippen LogP contribution in [0.25, 0.3) is 11.1 Å². The van der Waals surface area contributed by atoms with E-state index in [1.165, 1.54) is 12.8 Å². The summed E-state index contributed by atoms with van der Waals surface area (Å²) >= 11 is 0. The van der Waals surface area contributed by atoms with Crippen molar-refractivity contribution in [2.75, 3.05) is 12.9 Å². The van der Waals surface area contributed by atoms with Gasteiger partial charge in [-0.25, -0.2) is 13.1 Å². The Morgan fingerprint density at radius 2 is 1.62 bits per heavy atom. The van der Waals surface area contributed by atoms with Crippen LogP contribution in [-0.2, 0) is 16.6 Å². The van der Waals surface area contributed by atoms with Crippen molar-refractivity contribution in [2.24, 2.45) is 5.92 Å². The van der Waals surface area contributed by atoms with E-state index < -0.39 is 15.9 Å². The highest BCUT2D eigenvalue weighted by Crippen LogP contribution is 2.30. The van der Waals surface area contributed by atoms with E-state index in [9.17, 15) is 13.2 Å². The number of sulfonamides is 1. The summed E-state index contributed by atoms with van der Waals surface area (Å²) in [6.45, 7) is 1.12. The van der Waals surface area contributed by atoms with Gasteiger partial charge < -0.3 is 9.47 Å². The molecule has 6 nitrogen and oxygen atoms in total. The zero-order valence-electron chi connectivity index (χ0n) is 17.8. The summed E-state index contributed by atoms with van der Waals surface area (Å²) in [6.07, 6.45) is 3.49. The van der Waals surface area contributed by atoms with Crippen LogP contribution in [-0.4, -0.2) is 27.2 Å². The van der Waals surface area contributed by atoms with Gasteiger partial charge in [-0.2, -0.15) is 0 Å². The SMILES string of the molecule is CS(=O)(=O)NC(=O)c1ccc(COc2cccc(-c3ccc(OCC4CC4)cc3)c2)cc1. The van der Waals surface area contributed by atoms with Crippen LogP contribution in [0.5, 0.6) is 11.5 Å². The molecule has 3 aromatic rings. The topological polar surface area (TPSA) is 81.7 Å². The van der Waals surface area contributed by atoms with E-state index in [-0.39, 0.29) is 5.56 Å². The fourth-order valence-electron chi connectivity index (χ4n) is 3.15. The van der Waals surface area contributed by atoms with Crippen molar-refractivity contribution in [1.82, 2.24) is 4.72 Å².